The third-order valence-electron chi connectivity index (χ3n) is 4.31. The fourth-order valence-electron chi connectivity index (χ4n) is 2.91. The maximum absolute atomic E-state index is 14.6. The van der Waals surface area contributed by atoms with Gasteiger partial charge in [0.15, 0.2) is 5.82 Å². The smallest absolute Gasteiger partial charge is 0.151 e. The number of benzene rings is 1. The van der Waals surface area contributed by atoms with E-state index in [1.165, 1.54) is 17.1 Å². The van der Waals surface area contributed by atoms with E-state index in [2.05, 4.69) is 30.7 Å². The predicted molar refractivity (Wildman–Crippen MR) is 114 cm³/mol. The van der Waals surface area contributed by atoms with E-state index < -0.39 is 11.9 Å². The summed E-state index contributed by atoms with van der Waals surface area (Å²) in [6.07, 6.45) is 3.99. The Labute approximate surface area is 181 Å². The van der Waals surface area contributed by atoms with Gasteiger partial charge in [0.05, 0.1) is 34.5 Å². The first-order valence-corrected chi connectivity index (χ1v) is 9.56. The topological polar surface area (TPSA) is 125 Å². The molecule has 9 nitrogen and oxygen atoms in total. The van der Waals surface area contributed by atoms with Crippen LogP contribution in [-0.2, 0) is 0 Å². The molecule has 0 spiro atoms. The van der Waals surface area contributed by atoms with Crippen LogP contribution in [-0.4, -0.2) is 42.5 Å². The van der Waals surface area contributed by atoms with Crippen molar-refractivity contribution in [1.29, 1.82) is 5.26 Å². The Morgan fingerprint density at radius 3 is 2.68 bits per heavy atom. The largest absolute Gasteiger partial charge is 0.392 e. The number of nitriles is 1. The van der Waals surface area contributed by atoms with Gasteiger partial charge in [-0.2, -0.15) is 10.4 Å². The number of hydrogen-bond acceptors (Lipinski definition) is 8. The summed E-state index contributed by atoms with van der Waals surface area (Å²) >= 11 is 6.22. The number of aliphatic hydroxyl groups is 1. The zero-order valence-corrected chi connectivity index (χ0v) is 17.0. The summed E-state index contributed by atoms with van der Waals surface area (Å²) in [6, 6.07) is 7.71. The van der Waals surface area contributed by atoms with Crippen molar-refractivity contribution in [2.75, 3.05) is 17.2 Å². The molecule has 4 aromatic rings. The van der Waals surface area contributed by atoms with E-state index in [1.54, 1.807) is 31.5 Å². The molecule has 3 aromatic heterocycles. The average Bonchev–Trinajstić information content (AvgIpc) is 3.15. The number of rotatable bonds is 6. The molecule has 0 saturated heterocycles. The standard InChI is InChI=1S/C20H16ClFN8O/c1-11(31)7-24-17-5-19(27-10-26-17)29-18-4-16-13(8-25-18)9-28-30(16)20-14(21)2-12(6-23)3-15(20)22/h2-5,8-11,31H,7H2,1H3,(H2,24,25,26,27,29)/t11-/m1/s1. The first-order valence-electron chi connectivity index (χ1n) is 9.19. The van der Waals surface area contributed by atoms with E-state index in [0.717, 1.165) is 6.07 Å². The second-order valence-corrected chi connectivity index (χ2v) is 7.14. The number of aromatic nitrogens is 5. The quantitative estimate of drug-likeness (QED) is 0.418. The molecule has 4 rings (SSSR count). The fourth-order valence-corrected chi connectivity index (χ4v) is 3.19. The van der Waals surface area contributed by atoms with Crippen LogP contribution in [0.2, 0.25) is 5.02 Å². The lowest BCUT2D eigenvalue weighted by Crippen LogP contribution is -2.16. The summed E-state index contributed by atoms with van der Waals surface area (Å²) in [7, 11) is 0. The zero-order chi connectivity index (χ0) is 22.0. The van der Waals surface area contributed by atoms with Crippen molar-refractivity contribution in [3.8, 4) is 11.8 Å². The minimum absolute atomic E-state index is 0.0412. The van der Waals surface area contributed by atoms with Crippen LogP contribution in [0.1, 0.15) is 12.5 Å². The molecule has 11 heteroatoms. The number of hydrogen-bond donors (Lipinski definition) is 3. The van der Waals surface area contributed by atoms with Gasteiger partial charge in [-0.3, -0.25) is 0 Å². The highest BCUT2D eigenvalue weighted by molar-refractivity contribution is 6.32. The summed E-state index contributed by atoms with van der Waals surface area (Å²) in [6.45, 7) is 2.01. The first-order chi connectivity index (χ1) is 14.9. The molecule has 1 aromatic carbocycles. The van der Waals surface area contributed by atoms with Gasteiger partial charge >= 0.3 is 0 Å². The van der Waals surface area contributed by atoms with Crippen molar-refractivity contribution in [3.05, 3.63) is 59.4 Å². The average molecular weight is 439 g/mol. The molecule has 0 aliphatic heterocycles. The number of pyridine rings is 1. The van der Waals surface area contributed by atoms with Gasteiger partial charge in [-0.25, -0.2) is 24.0 Å². The zero-order valence-electron chi connectivity index (χ0n) is 16.2. The Morgan fingerprint density at radius 2 is 1.94 bits per heavy atom. The lowest BCUT2D eigenvalue weighted by atomic mass is 10.2. The van der Waals surface area contributed by atoms with Gasteiger partial charge in [0.1, 0.15) is 29.5 Å². The predicted octanol–water partition coefficient (Wildman–Crippen LogP) is 3.41. The molecule has 0 fully saturated rings. The van der Waals surface area contributed by atoms with Crippen molar-refractivity contribution in [1.82, 2.24) is 24.7 Å². The van der Waals surface area contributed by atoms with Gasteiger partial charge in [-0.15, -0.1) is 0 Å². The molecule has 0 aliphatic carbocycles. The molecule has 0 unspecified atom stereocenters. The summed E-state index contributed by atoms with van der Waals surface area (Å²) in [5.41, 5.74) is 0.722. The molecule has 0 bridgehead atoms. The molecule has 1 atom stereocenters. The van der Waals surface area contributed by atoms with Crippen LogP contribution < -0.4 is 10.6 Å². The number of aliphatic hydroxyl groups excluding tert-OH is 1. The maximum atomic E-state index is 14.6. The lowest BCUT2D eigenvalue weighted by molar-refractivity contribution is 0.208. The monoisotopic (exact) mass is 438 g/mol. The maximum Gasteiger partial charge on any atom is 0.151 e. The molecular weight excluding hydrogens is 423 g/mol. The van der Waals surface area contributed by atoms with Crippen LogP contribution in [0, 0.1) is 17.1 Å². The Balaban J connectivity index is 1.67. The number of nitrogens with one attached hydrogen (secondary N) is 2. The molecule has 31 heavy (non-hydrogen) atoms. The van der Waals surface area contributed by atoms with E-state index in [9.17, 15) is 9.50 Å². The molecule has 3 heterocycles. The summed E-state index contributed by atoms with van der Waals surface area (Å²) in [5.74, 6) is 0.796. The van der Waals surface area contributed by atoms with Crippen LogP contribution in [0.15, 0.2) is 43.0 Å². The van der Waals surface area contributed by atoms with Crippen molar-refractivity contribution in [2.45, 2.75) is 13.0 Å². The molecule has 0 radical (unpaired) electrons. The van der Waals surface area contributed by atoms with Gasteiger partial charge in [-0.05, 0) is 19.1 Å². The van der Waals surface area contributed by atoms with E-state index in [0.29, 0.717) is 34.9 Å². The van der Waals surface area contributed by atoms with E-state index >= 15 is 0 Å². The third-order valence-corrected chi connectivity index (χ3v) is 4.60. The second kappa shape index (κ2) is 8.51. The Bertz CT molecular complexity index is 1280. The number of fused-ring (bicyclic) bond motifs is 1. The van der Waals surface area contributed by atoms with Gasteiger partial charge in [0.25, 0.3) is 0 Å². The van der Waals surface area contributed by atoms with Crippen molar-refractivity contribution in [3.63, 3.8) is 0 Å². The Hall–Kier alpha value is -3.81. The third kappa shape index (κ3) is 4.37. The first kappa shape index (κ1) is 20.5. The van der Waals surface area contributed by atoms with Crippen LogP contribution in [0.4, 0.5) is 21.8 Å². The summed E-state index contributed by atoms with van der Waals surface area (Å²) < 4.78 is 16.0. The van der Waals surface area contributed by atoms with Gasteiger partial charge in [-0.1, -0.05) is 11.6 Å². The second-order valence-electron chi connectivity index (χ2n) is 6.73. The van der Waals surface area contributed by atoms with E-state index in [-0.39, 0.29) is 16.3 Å². The number of anilines is 3. The van der Waals surface area contributed by atoms with Crippen molar-refractivity contribution < 1.29 is 9.50 Å². The van der Waals surface area contributed by atoms with Gasteiger partial charge in [0.2, 0.25) is 0 Å². The molecule has 0 amide bonds. The Kier molecular flexibility index (Phi) is 5.62. The number of halogens is 2. The SMILES string of the molecule is C[C@@H](O)CNc1cc(Nc2cc3c(cn2)cnn3-c2c(F)cc(C#N)cc2Cl)ncn1. The molecule has 0 saturated carbocycles. The van der Waals surface area contributed by atoms with Crippen LogP contribution in [0.3, 0.4) is 0 Å². The number of nitrogens with zero attached hydrogens (tertiary/aromatic N) is 6. The highest BCUT2D eigenvalue weighted by Gasteiger charge is 2.16. The van der Waals surface area contributed by atoms with Crippen LogP contribution in [0.25, 0.3) is 16.6 Å². The minimum Gasteiger partial charge on any atom is -0.392 e. The highest BCUT2D eigenvalue weighted by atomic mass is 35.5. The van der Waals surface area contributed by atoms with Gasteiger partial charge < -0.3 is 15.7 Å². The molecular formula is C20H16ClFN8O. The molecule has 0 aliphatic rings. The summed E-state index contributed by atoms with van der Waals surface area (Å²) in [4.78, 5) is 12.6. The van der Waals surface area contributed by atoms with Crippen molar-refractivity contribution >= 4 is 40.0 Å². The van der Waals surface area contributed by atoms with E-state index in [1.807, 2.05) is 6.07 Å². The lowest BCUT2D eigenvalue weighted by Gasteiger charge is -2.10. The fraction of sp³-hybridized carbons (Fsp3) is 0.150. The highest BCUT2D eigenvalue weighted by Crippen LogP contribution is 2.29. The van der Waals surface area contributed by atoms with Crippen molar-refractivity contribution in [2.24, 2.45) is 0 Å². The van der Waals surface area contributed by atoms with Gasteiger partial charge in [0, 0.05) is 30.3 Å². The minimum atomic E-state index is -0.662. The molecule has 156 valence electrons. The van der Waals surface area contributed by atoms with Crippen LogP contribution >= 0.6 is 11.6 Å². The Morgan fingerprint density at radius 1 is 1.16 bits per heavy atom. The van der Waals surface area contributed by atoms with Crippen LogP contribution in [0.5, 0.6) is 0 Å². The summed E-state index contributed by atoms with van der Waals surface area (Å²) in [5, 5.41) is 29.4. The van der Waals surface area contributed by atoms with E-state index in [4.69, 9.17) is 16.9 Å². The normalized spacial score (nSPS) is 11.8. The molecule has 3 N–H and O–H groups in total.